The number of carbonyl (C=O) groups excluding carboxylic acids is 2. The molecule has 7 nitrogen and oxygen atoms in total. The van der Waals surface area contributed by atoms with E-state index in [9.17, 15) is 18.0 Å². The molecule has 2 amide bonds. The van der Waals surface area contributed by atoms with Gasteiger partial charge in [0.1, 0.15) is 0 Å². The van der Waals surface area contributed by atoms with Crippen LogP contribution in [0.3, 0.4) is 0 Å². The SMILES string of the molecule is Cc1cccc(C(=O)NCCC(=O)NCCc2ccc(S(N)(=O)=O)cc2)c1. The van der Waals surface area contributed by atoms with Gasteiger partial charge in [0.2, 0.25) is 15.9 Å². The van der Waals surface area contributed by atoms with Crippen LogP contribution in [-0.2, 0) is 21.2 Å². The molecule has 0 bridgehead atoms. The molecule has 0 aliphatic rings. The summed E-state index contributed by atoms with van der Waals surface area (Å²) in [4.78, 5) is 23.9. The minimum Gasteiger partial charge on any atom is -0.356 e. The van der Waals surface area contributed by atoms with Gasteiger partial charge in [-0.15, -0.1) is 0 Å². The summed E-state index contributed by atoms with van der Waals surface area (Å²) in [7, 11) is -3.70. The number of nitrogens with one attached hydrogen (secondary N) is 2. The first kappa shape index (κ1) is 20.6. The first-order valence-electron chi connectivity index (χ1n) is 8.49. The van der Waals surface area contributed by atoms with Crippen LogP contribution in [0.2, 0.25) is 0 Å². The fraction of sp³-hybridized carbons (Fsp3) is 0.263. The van der Waals surface area contributed by atoms with Gasteiger partial charge in [0, 0.05) is 25.1 Å². The zero-order chi connectivity index (χ0) is 19.9. The molecule has 0 saturated carbocycles. The minimum absolute atomic E-state index is 0.0552. The van der Waals surface area contributed by atoms with Crippen molar-refractivity contribution in [3.05, 3.63) is 65.2 Å². The van der Waals surface area contributed by atoms with Crippen molar-refractivity contribution in [1.82, 2.24) is 10.6 Å². The molecule has 2 aromatic rings. The number of carbonyl (C=O) groups is 2. The lowest BCUT2D eigenvalue weighted by molar-refractivity contribution is -0.120. The predicted molar refractivity (Wildman–Crippen MR) is 103 cm³/mol. The van der Waals surface area contributed by atoms with Crippen LogP contribution in [0, 0.1) is 6.92 Å². The van der Waals surface area contributed by atoms with Gasteiger partial charge in [-0.3, -0.25) is 9.59 Å². The van der Waals surface area contributed by atoms with E-state index in [0.29, 0.717) is 18.5 Å². The van der Waals surface area contributed by atoms with Crippen molar-refractivity contribution >= 4 is 21.8 Å². The molecule has 0 unspecified atom stereocenters. The third kappa shape index (κ3) is 6.84. The molecular weight excluding hydrogens is 366 g/mol. The highest BCUT2D eigenvalue weighted by atomic mass is 32.2. The second-order valence-electron chi connectivity index (χ2n) is 6.16. The van der Waals surface area contributed by atoms with Crippen molar-refractivity contribution in [1.29, 1.82) is 0 Å². The summed E-state index contributed by atoms with van der Waals surface area (Å²) >= 11 is 0. The van der Waals surface area contributed by atoms with Crippen molar-refractivity contribution in [3.8, 4) is 0 Å². The molecule has 2 aromatic carbocycles. The lowest BCUT2D eigenvalue weighted by Gasteiger charge is -2.08. The quantitative estimate of drug-likeness (QED) is 0.627. The molecule has 0 aliphatic carbocycles. The Morgan fingerprint density at radius 2 is 1.70 bits per heavy atom. The van der Waals surface area contributed by atoms with Crippen LogP contribution >= 0.6 is 0 Å². The van der Waals surface area contributed by atoms with Gasteiger partial charge in [-0.05, 0) is 43.2 Å². The number of sulfonamides is 1. The molecular formula is C19H23N3O4S. The monoisotopic (exact) mass is 389 g/mol. The Hall–Kier alpha value is -2.71. The summed E-state index contributed by atoms with van der Waals surface area (Å²) in [5.41, 5.74) is 2.45. The maximum atomic E-state index is 12.0. The number of aryl methyl sites for hydroxylation is 1. The Balaban J connectivity index is 1.68. The second-order valence-corrected chi connectivity index (χ2v) is 7.73. The van der Waals surface area contributed by atoms with Crippen molar-refractivity contribution in [2.75, 3.05) is 13.1 Å². The Bertz CT molecular complexity index is 909. The van der Waals surface area contributed by atoms with E-state index in [1.165, 1.54) is 12.1 Å². The Morgan fingerprint density at radius 1 is 1.00 bits per heavy atom. The molecule has 0 fully saturated rings. The maximum absolute atomic E-state index is 12.0. The van der Waals surface area contributed by atoms with Crippen molar-refractivity contribution in [2.45, 2.75) is 24.7 Å². The lowest BCUT2D eigenvalue weighted by Crippen LogP contribution is -2.31. The lowest BCUT2D eigenvalue weighted by atomic mass is 10.1. The fourth-order valence-corrected chi connectivity index (χ4v) is 2.97. The highest BCUT2D eigenvalue weighted by Crippen LogP contribution is 2.09. The molecule has 0 spiro atoms. The van der Waals surface area contributed by atoms with Gasteiger partial charge in [0.25, 0.3) is 5.91 Å². The zero-order valence-electron chi connectivity index (χ0n) is 15.1. The number of benzene rings is 2. The number of hydrogen-bond donors (Lipinski definition) is 3. The highest BCUT2D eigenvalue weighted by Gasteiger charge is 2.08. The van der Waals surface area contributed by atoms with E-state index in [4.69, 9.17) is 5.14 Å². The summed E-state index contributed by atoms with van der Waals surface area (Å²) in [6, 6.07) is 13.4. The smallest absolute Gasteiger partial charge is 0.251 e. The average molecular weight is 389 g/mol. The Kier molecular flexibility index (Phi) is 7.09. The van der Waals surface area contributed by atoms with E-state index < -0.39 is 10.0 Å². The standard InChI is InChI=1S/C19H23N3O4S/c1-14-3-2-4-16(13-14)19(24)22-12-10-18(23)21-11-9-15-5-7-17(8-6-15)27(20,25)26/h2-8,13H,9-12H2,1H3,(H,21,23)(H,22,24)(H2,20,25,26). The minimum atomic E-state index is -3.70. The molecule has 144 valence electrons. The van der Waals surface area contributed by atoms with Gasteiger partial charge in [-0.1, -0.05) is 29.8 Å². The first-order chi connectivity index (χ1) is 12.8. The van der Waals surface area contributed by atoms with E-state index in [0.717, 1.165) is 11.1 Å². The van der Waals surface area contributed by atoms with Crippen LogP contribution < -0.4 is 15.8 Å². The van der Waals surface area contributed by atoms with Gasteiger partial charge in [-0.2, -0.15) is 0 Å². The molecule has 0 radical (unpaired) electrons. The van der Waals surface area contributed by atoms with Crippen LogP contribution in [0.25, 0.3) is 0 Å². The normalized spacial score (nSPS) is 11.0. The highest BCUT2D eigenvalue weighted by molar-refractivity contribution is 7.89. The van der Waals surface area contributed by atoms with Gasteiger partial charge in [0.05, 0.1) is 4.90 Å². The summed E-state index contributed by atoms with van der Waals surface area (Å²) in [6.07, 6.45) is 0.744. The van der Waals surface area contributed by atoms with Crippen molar-refractivity contribution in [3.63, 3.8) is 0 Å². The van der Waals surface area contributed by atoms with E-state index in [2.05, 4.69) is 10.6 Å². The van der Waals surface area contributed by atoms with E-state index >= 15 is 0 Å². The summed E-state index contributed by atoms with van der Waals surface area (Å²) in [5.74, 6) is -0.373. The zero-order valence-corrected chi connectivity index (χ0v) is 15.9. The van der Waals surface area contributed by atoms with Gasteiger partial charge in [0.15, 0.2) is 0 Å². The number of amides is 2. The summed E-state index contributed by atoms with van der Waals surface area (Å²) in [5, 5.41) is 10.5. The van der Waals surface area contributed by atoms with Gasteiger partial charge >= 0.3 is 0 Å². The van der Waals surface area contributed by atoms with Crippen LogP contribution in [0.5, 0.6) is 0 Å². The third-order valence-electron chi connectivity index (χ3n) is 3.91. The van der Waals surface area contributed by atoms with Gasteiger partial charge in [-0.25, -0.2) is 13.6 Å². The molecule has 8 heteroatoms. The largest absolute Gasteiger partial charge is 0.356 e. The first-order valence-corrected chi connectivity index (χ1v) is 10.0. The van der Waals surface area contributed by atoms with E-state index in [-0.39, 0.29) is 29.7 Å². The summed E-state index contributed by atoms with van der Waals surface area (Å²) < 4.78 is 22.4. The second kappa shape index (κ2) is 9.29. The van der Waals surface area contributed by atoms with Gasteiger partial charge < -0.3 is 10.6 Å². The van der Waals surface area contributed by atoms with Crippen LogP contribution in [0.4, 0.5) is 0 Å². The molecule has 0 heterocycles. The maximum Gasteiger partial charge on any atom is 0.251 e. The molecule has 0 saturated heterocycles. The number of rotatable bonds is 8. The van der Waals surface area contributed by atoms with Crippen molar-refractivity contribution < 1.29 is 18.0 Å². The van der Waals surface area contributed by atoms with Crippen LogP contribution in [-0.4, -0.2) is 33.3 Å². The number of primary sulfonamides is 1. The predicted octanol–water partition coefficient (Wildman–Crippen LogP) is 1.12. The topological polar surface area (TPSA) is 118 Å². The molecule has 27 heavy (non-hydrogen) atoms. The fourth-order valence-electron chi connectivity index (χ4n) is 2.46. The van der Waals surface area contributed by atoms with Crippen LogP contribution in [0.15, 0.2) is 53.4 Å². The van der Waals surface area contributed by atoms with Crippen molar-refractivity contribution in [2.24, 2.45) is 5.14 Å². The third-order valence-corrected chi connectivity index (χ3v) is 4.83. The van der Waals surface area contributed by atoms with E-state index in [1.807, 2.05) is 19.1 Å². The van der Waals surface area contributed by atoms with Crippen LogP contribution in [0.1, 0.15) is 27.9 Å². The Labute approximate surface area is 159 Å². The Morgan fingerprint density at radius 3 is 2.33 bits per heavy atom. The average Bonchev–Trinajstić information content (AvgIpc) is 2.61. The van der Waals surface area contributed by atoms with E-state index in [1.54, 1.807) is 24.3 Å². The number of hydrogen-bond acceptors (Lipinski definition) is 4. The molecule has 2 rings (SSSR count). The molecule has 0 aromatic heterocycles. The molecule has 0 atom stereocenters. The molecule has 4 N–H and O–H groups in total. The molecule has 0 aliphatic heterocycles. The summed E-state index contributed by atoms with van der Waals surface area (Å²) in [6.45, 7) is 2.58. The number of nitrogens with two attached hydrogens (primary N) is 1.